The van der Waals surface area contributed by atoms with Crippen molar-refractivity contribution in [3.63, 3.8) is 0 Å². The highest BCUT2D eigenvalue weighted by atomic mass is 35.5. The number of nitriles is 1. The number of benzene rings is 1. The summed E-state index contributed by atoms with van der Waals surface area (Å²) in [5, 5.41) is 21.4. The molecule has 1 amide bonds. The molecule has 5 nitrogen and oxygen atoms in total. The van der Waals surface area contributed by atoms with Crippen LogP contribution in [0.15, 0.2) is 18.2 Å². The summed E-state index contributed by atoms with van der Waals surface area (Å²) in [6.45, 7) is 2.03. The Morgan fingerprint density at radius 3 is 2.91 bits per heavy atom. The molecular formula is C16H21ClN2O3. The second-order valence-corrected chi connectivity index (χ2v) is 5.23. The molecule has 22 heavy (non-hydrogen) atoms. The Balaban J connectivity index is 2.80. The third-order valence-corrected chi connectivity index (χ3v) is 3.37. The number of aliphatic hydroxyl groups excluding tert-OH is 1. The highest BCUT2D eigenvalue weighted by molar-refractivity contribution is 6.18. The van der Waals surface area contributed by atoms with Gasteiger partial charge in [0.2, 0.25) is 5.91 Å². The lowest BCUT2D eigenvalue weighted by molar-refractivity contribution is -0.116. The Bertz CT molecular complexity index is 529. The molecular weight excluding hydrogens is 304 g/mol. The number of carbonyl (C=O) groups is 1. The third kappa shape index (κ3) is 5.92. The average molecular weight is 325 g/mol. The van der Waals surface area contributed by atoms with Gasteiger partial charge in [-0.3, -0.25) is 4.79 Å². The Morgan fingerprint density at radius 2 is 2.27 bits per heavy atom. The van der Waals surface area contributed by atoms with Gasteiger partial charge in [0, 0.05) is 6.42 Å². The maximum absolute atomic E-state index is 11.9. The topological polar surface area (TPSA) is 82.4 Å². The van der Waals surface area contributed by atoms with Crippen LogP contribution in [-0.2, 0) is 4.79 Å². The molecule has 1 aromatic rings. The summed E-state index contributed by atoms with van der Waals surface area (Å²) in [6, 6.07) is 6.94. The van der Waals surface area contributed by atoms with Gasteiger partial charge in [-0.15, -0.1) is 11.6 Å². The van der Waals surface area contributed by atoms with E-state index in [4.69, 9.17) is 21.6 Å². The van der Waals surface area contributed by atoms with Crippen molar-refractivity contribution in [3.8, 4) is 11.8 Å². The van der Waals surface area contributed by atoms with E-state index in [1.54, 1.807) is 18.2 Å². The summed E-state index contributed by atoms with van der Waals surface area (Å²) in [5.74, 6) is 0.178. The second kappa shape index (κ2) is 10.0. The standard InChI is InChI=1S/C16H21ClN2O3/c1-2-3-4-8-15(21)19-14-7-5-6-12(10-18)16(14)22-11-13(20)9-17/h5-7,13,20H,2-4,8-9,11H2,1H3,(H,19,21). The van der Waals surface area contributed by atoms with Crippen LogP contribution in [0.4, 0.5) is 5.69 Å². The van der Waals surface area contributed by atoms with E-state index >= 15 is 0 Å². The van der Waals surface area contributed by atoms with Crippen molar-refractivity contribution in [2.75, 3.05) is 17.8 Å². The van der Waals surface area contributed by atoms with Crippen molar-refractivity contribution in [1.82, 2.24) is 0 Å². The number of anilines is 1. The third-order valence-electron chi connectivity index (χ3n) is 3.02. The van der Waals surface area contributed by atoms with E-state index in [0.29, 0.717) is 17.7 Å². The molecule has 1 aromatic carbocycles. The number of carbonyl (C=O) groups excluding carboxylic acids is 1. The van der Waals surface area contributed by atoms with Crippen LogP contribution in [0.1, 0.15) is 38.2 Å². The SMILES string of the molecule is CCCCCC(=O)Nc1cccc(C#N)c1OCC(O)CCl. The molecule has 0 radical (unpaired) electrons. The maximum atomic E-state index is 11.9. The number of nitrogens with one attached hydrogen (secondary N) is 1. The number of amides is 1. The predicted molar refractivity (Wildman–Crippen MR) is 86.2 cm³/mol. The lowest BCUT2D eigenvalue weighted by Gasteiger charge is -2.15. The molecule has 0 aliphatic heterocycles. The van der Waals surface area contributed by atoms with Crippen LogP contribution < -0.4 is 10.1 Å². The summed E-state index contributed by atoms with van der Waals surface area (Å²) < 4.78 is 5.47. The van der Waals surface area contributed by atoms with E-state index < -0.39 is 6.10 Å². The molecule has 1 rings (SSSR count). The Hall–Kier alpha value is -1.77. The molecule has 0 heterocycles. The number of aliphatic hydroxyl groups is 1. The lowest BCUT2D eigenvalue weighted by Crippen LogP contribution is -2.20. The number of nitrogens with zero attached hydrogens (tertiary/aromatic N) is 1. The number of alkyl halides is 1. The number of hydrogen-bond acceptors (Lipinski definition) is 4. The van der Waals surface area contributed by atoms with Crippen LogP contribution in [0.3, 0.4) is 0 Å². The molecule has 1 atom stereocenters. The zero-order valence-electron chi connectivity index (χ0n) is 12.6. The summed E-state index contributed by atoms with van der Waals surface area (Å²) >= 11 is 5.52. The van der Waals surface area contributed by atoms with Gasteiger partial charge in [-0.25, -0.2) is 0 Å². The first-order valence-electron chi connectivity index (χ1n) is 7.32. The Kier molecular flexibility index (Phi) is 8.34. The number of ether oxygens (including phenoxy) is 1. The molecule has 0 fully saturated rings. The van der Waals surface area contributed by atoms with Gasteiger partial charge >= 0.3 is 0 Å². The summed E-state index contributed by atoms with van der Waals surface area (Å²) in [7, 11) is 0. The van der Waals surface area contributed by atoms with E-state index in [1.165, 1.54) is 0 Å². The Morgan fingerprint density at radius 1 is 1.50 bits per heavy atom. The normalized spacial score (nSPS) is 11.5. The summed E-state index contributed by atoms with van der Waals surface area (Å²) in [6.07, 6.45) is 2.45. The molecule has 120 valence electrons. The van der Waals surface area contributed by atoms with Crippen molar-refractivity contribution in [2.45, 2.75) is 38.7 Å². The molecule has 0 aliphatic carbocycles. The quantitative estimate of drug-likeness (QED) is 0.540. The minimum absolute atomic E-state index is 0.0351. The fourth-order valence-corrected chi connectivity index (χ4v) is 1.94. The van der Waals surface area contributed by atoms with Crippen molar-refractivity contribution in [2.24, 2.45) is 0 Å². The van der Waals surface area contributed by atoms with Crippen molar-refractivity contribution < 1.29 is 14.6 Å². The van der Waals surface area contributed by atoms with Gasteiger partial charge in [0.1, 0.15) is 18.8 Å². The summed E-state index contributed by atoms with van der Waals surface area (Å²) in [5.41, 5.74) is 0.732. The van der Waals surface area contributed by atoms with E-state index in [-0.39, 0.29) is 24.1 Å². The minimum atomic E-state index is -0.832. The zero-order chi connectivity index (χ0) is 16.4. The van der Waals surface area contributed by atoms with E-state index in [0.717, 1.165) is 19.3 Å². The fourth-order valence-electron chi connectivity index (χ4n) is 1.85. The molecule has 1 unspecified atom stereocenters. The highest BCUT2D eigenvalue weighted by Gasteiger charge is 2.14. The van der Waals surface area contributed by atoms with Gasteiger partial charge in [-0.05, 0) is 18.6 Å². The molecule has 6 heteroatoms. The fraction of sp³-hybridized carbons (Fsp3) is 0.500. The number of hydrogen-bond donors (Lipinski definition) is 2. The van der Waals surface area contributed by atoms with Crippen molar-refractivity contribution in [1.29, 1.82) is 5.26 Å². The Labute approximate surface area is 135 Å². The van der Waals surface area contributed by atoms with Crippen LogP contribution in [0.5, 0.6) is 5.75 Å². The zero-order valence-corrected chi connectivity index (χ0v) is 13.4. The number of halogens is 1. The van der Waals surface area contributed by atoms with Crippen LogP contribution in [0.25, 0.3) is 0 Å². The first kappa shape index (κ1) is 18.3. The molecule has 2 N–H and O–H groups in total. The second-order valence-electron chi connectivity index (χ2n) is 4.92. The first-order valence-corrected chi connectivity index (χ1v) is 7.85. The van der Waals surface area contributed by atoms with Crippen molar-refractivity contribution in [3.05, 3.63) is 23.8 Å². The van der Waals surface area contributed by atoms with Crippen molar-refractivity contribution >= 4 is 23.2 Å². The molecule has 0 bridgehead atoms. The molecule has 0 saturated carbocycles. The number of unbranched alkanes of at least 4 members (excludes halogenated alkanes) is 2. The monoisotopic (exact) mass is 324 g/mol. The van der Waals surface area contributed by atoms with Gasteiger partial charge in [-0.2, -0.15) is 5.26 Å². The van der Waals surface area contributed by atoms with Gasteiger partial charge in [0.15, 0.2) is 5.75 Å². The molecule has 0 aliphatic rings. The predicted octanol–water partition coefficient (Wildman–Crippen LogP) is 3.06. The number of para-hydroxylation sites is 1. The van der Waals surface area contributed by atoms with Crippen LogP contribution >= 0.6 is 11.6 Å². The van der Waals surface area contributed by atoms with Gasteiger partial charge in [0.05, 0.1) is 17.1 Å². The highest BCUT2D eigenvalue weighted by Crippen LogP contribution is 2.29. The molecule has 0 spiro atoms. The molecule has 0 aromatic heterocycles. The average Bonchev–Trinajstić information content (AvgIpc) is 2.53. The maximum Gasteiger partial charge on any atom is 0.224 e. The van der Waals surface area contributed by atoms with Gasteiger partial charge in [0.25, 0.3) is 0 Å². The van der Waals surface area contributed by atoms with E-state index in [2.05, 4.69) is 12.2 Å². The lowest BCUT2D eigenvalue weighted by atomic mass is 10.1. The van der Waals surface area contributed by atoms with Crippen LogP contribution in [-0.4, -0.2) is 29.6 Å². The largest absolute Gasteiger partial charge is 0.487 e. The molecule has 0 saturated heterocycles. The number of rotatable bonds is 9. The summed E-state index contributed by atoms with van der Waals surface area (Å²) in [4.78, 5) is 11.9. The van der Waals surface area contributed by atoms with E-state index in [1.807, 2.05) is 6.07 Å². The van der Waals surface area contributed by atoms with Gasteiger partial charge in [-0.1, -0.05) is 25.8 Å². The first-order chi connectivity index (χ1) is 10.6. The minimum Gasteiger partial charge on any atom is -0.487 e. The van der Waals surface area contributed by atoms with Crippen LogP contribution in [0.2, 0.25) is 0 Å². The van der Waals surface area contributed by atoms with E-state index in [9.17, 15) is 9.90 Å². The van der Waals surface area contributed by atoms with Crippen LogP contribution in [0, 0.1) is 11.3 Å². The smallest absolute Gasteiger partial charge is 0.224 e. The van der Waals surface area contributed by atoms with Gasteiger partial charge < -0.3 is 15.2 Å².